The number of hydrogen-bond acceptors (Lipinski definition) is 2. The van der Waals surface area contributed by atoms with Crippen molar-refractivity contribution in [2.75, 3.05) is 0 Å². The average molecular weight is 269 g/mol. The number of ether oxygens (including phenoxy) is 1. The van der Waals surface area contributed by atoms with Crippen LogP contribution in [0.15, 0.2) is 23.0 Å². The molecule has 1 aliphatic rings. The lowest BCUT2D eigenvalue weighted by Gasteiger charge is -2.12. The van der Waals surface area contributed by atoms with Gasteiger partial charge in [0.25, 0.3) is 0 Å². The third-order valence-electron chi connectivity index (χ3n) is 3.26. The largest absolute Gasteiger partial charge is 0.573 e. The Balaban J connectivity index is 2.26. The normalized spacial score (nSPS) is 14.7. The minimum atomic E-state index is -4.77. The van der Waals surface area contributed by atoms with Crippen LogP contribution in [0.5, 0.6) is 5.75 Å². The second kappa shape index (κ2) is 4.01. The second-order valence-electron chi connectivity index (χ2n) is 4.49. The van der Waals surface area contributed by atoms with Crippen LogP contribution >= 0.6 is 0 Å². The molecule has 1 N–H and O–H groups in total. The molecule has 0 radical (unpaired) electrons. The summed E-state index contributed by atoms with van der Waals surface area (Å²) in [4.78, 5) is 15.1. The van der Waals surface area contributed by atoms with Crippen molar-refractivity contribution in [3.05, 3.63) is 39.7 Å². The van der Waals surface area contributed by atoms with Gasteiger partial charge in [-0.3, -0.25) is 4.79 Å². The number of para-hydroxylation sites is 1. The van der Waals surface area contributed by atoms with Crippen molar-refractivity contribution >= 4 is 10.9 Å². The van der Waals surface area contributed by atoms with Gasteiger partial charge in [-0.15, -0.1) is 13.2 Å². The second-order valence-corrected chi connectivity index (χ2v) is 4.49. The number of halogens is 3. The number of hydrogen-bond donors (Lipinski definition) is 1. The van der Waals surface area contributed by atoms with Crippen LogP contribution in [0.2, 0.25) is 0 Å². The van der Waals surface area contributed by atoms with E-state index in [1.54, 1.807) is 0 Å². The third kappa shape index (κ3) is 2.07. The van der Waals surface area contributed by atoms with E-state index in [9.17, 15) is 18.0 Å². The molecule has 0 fully saturated rings. The van der Waals surface area contributed by atoms with Crippen molar-refractivity contribution in [2.24, 2.45) is 0 Å². The molecule has 100 valence electrons. The van der Waals surface area contributed by atoms with Crippen LogP contribution in [-0.2, 0) is 12.8 Å². The Bertz CT molecular complexity index is 703. The smallest absolute Gasteiger partial charge is 0.404 e. The molecule has 1 aromatic heterocycles. The maximum Gasteiger partial charge on any atom is 0.573 e. The van der Waals surface area contributed by atoms with Gasteiger partial charge in [0.2, 0.25) is 0 Å². The highest BCUT2D eigenvalue weighted by atomic mass is 19.4. The molecule has 0 unspecified atom stereocenters. The van der Waals surface area contributed by atoms with E-state index >= 15 is 0 Å². The van der Waals surface area contributed by atoms with Gasteiger partial charge in [0, 0.05) is 16.6 Å². The number of aromatic nitrogens is 1. The summed E-state index contributed by atoms with van der Waals surface area (Å²) in [5.41, 5.74) is 1.31. The summed E-state index contributed by atoms with van der Waals surface area (Å²) in [5, 5.41) is 0.238. The molecular formula is C13H10F3NO2. The van der Waals surface area contributed by atoms with E-state index in [1.807, 2.05) is 0 Å². The van der Waals surface area contributed by atoms with Crippen LogP contribution in [0.1, 0.15) is 17.7 Å². The van der Waals surface area contributed by atoms with E-state index < -0.39 is 6.36 Å². The van der Waals surface area contributed by atoms with Gasteiger partial charge in [-0.2, -0.15) is 0 Å². The van der Waals surface area contributed by atoms with Gasteiger partial charge in [-0.1, -0.05) is 6.07 Å². The topological polar surface area (TPSA) is 42.1 Å². The molecule has 0 atom stereocenters. The fraction of sp³-hybridized carbons (Fsp3) is 0.308. The van der Waals surface area contributed by atoms with Gasteiger partial charge in [0.15, 0.2) is 11.2 Å². The van der Waals surface area contributed by atoms with Crippen molar-refractivity contribution in [3.8, 4) is 5.75 Å². The zero-order valence-corrected chi connectivity index (χ0v) is 9.80. The van der Waals surface area contributed by atoms with Gasteiger partial charge in [0.1, 0.15) is 0 Å². The molecule has 0 amide bonds. The molecule has 0 saturated heterocycles. The molecule has 19 heavy (non-hydrogen) atoms. The van der Waals surface area contributed by atoms with Crippen LogP contribution in [0.3, 0.4) is 0 Å². The Morgan fingerprint density at radius 3 is 2.74 bits per heavy atom. The first-order valence-electron chi connectivity index (χ1n) is 5.88. The molecule has 2 aromatic rings. The van der Waals surface area contributed by atoms with Crippen molar-refractivity contribution in [1.29, 1.82) is 0 Å². The number of benzene rings is 1. The highest BCUT2D eigenvalue weighted by molar-refractivity contribution is 5.85. The SMILES string of the molecule is O=c1c2c([nH]c3c(OC(F)(F)F)cccc13)CCC2. The zero-order valence-electron chi connectivity index (χ0n) is 9.80. The van der Waals surface area contributed by atoms with Crippen LogP contribution in [-0.4, -0.2) is 11.3 Å². The minimum absolute atomic E-state index is 0.116. The Labute approximate surface area is 106 Å². The molecule has 0 spiro atoms. The summed E-state index contributed by atoms with van der Waals surface area (Å²) in [6.45, 7) is 0. The fourth-order valence-electron chi connectivity index (χ4n) is 2.50. The van der Waals surface area contributed by atoms with Crippen LogP contribution in [0.25, 0.3) is 10.9 Å². The number of aryl methyl sites for hydroxylation is 1. The van der Waals surface area contributed by atoms with Crippen LogP contribution in [0, 0.1) is 0 Å². The summed E-state index contributed by atoms with van der Waals surface area (Å²) < 4.78 is 40.9. The van der Waals surface area contributed by atoms with Gasteiger partial charge in [-0.25, -0.2) is 0 Å². The summed E-state index contributed by atoms with van der Waals surface area (Å²) in [5.74, 6) is -0.364. The highest BCUT2D eigenvalue weighted by Crippen LogP contribution is 2.30. The van der Waals surface area contributed by atoms with E-state index in [0.717, 1.165) is 12.1 Å². The monoisotopic (exact) mass is 269 g/mol. The molecule has 0 bridgehead atoms. The average Bonchev–Trinajstić information content (AvgIpc) is 2.77. The molecular weight excluding hydrogens is 259 g/mol. The van der Waals surface area contributed by atoms with Crippen molar-refractivity contribution < 1.29 is 17.9 Å². The number of rotatable bonds is 1. The van der Waals surface area contributed by atoms with E-state index in [-0.39, 0.29) is 22.1 Å². The van der Waals surface area contributed by atoms with E-state index in [2.05, 4.69) is 9.72 Å². The minimum Gasteiger partial charge on any atom is -0.404 e. The summed E-state index contributed by atoms with van der Waals surface area (Å²) in [6, 6.07) is 4.10. The fourth-order valence-corrected chi connectivity index (χ4v) is 2.50. The first-order chi connectivity index (χ1) is 8.96. The number of fused-ring (bicyclic) bond motifs is 2. The molecule has 3 rings (SSSR count). The zero-order chi connectivity index (χ0) is 13.6. The van der Waals surface area contributed by atoms with E-state index in [1.165, 1.54) is 18.2 Å². The third-order valence-corrected chi connectivity index (χ3v) is 3.26. The molecule has 3 nitrogen and oxygen atoms in total. The Morgan fingerprint density at radius 1 is 1.21 bits per heavy atom. The maximum absolute atomic E-state index is 12.3. The van der Waals surface area contributed by atoms with E-state index in [0.29, 0.717) is 18.4 Å². The lowest BCUT2D eigenvalue weighted by Crippen LogP contribution is -2.18. The number of alkyl halides is 3. The Kier molecular flexibility index (Phi) is 2.55. The standard InChI is InChI=1S/C13H10F3NO2/c14-13(15,16)19-10-6-2-4-8-11(10)17-9-5-1-3-7(9)12(8)18/h2,4,6H,1,3,5H2,(H,17,18). The van der Waals surface area contributed by atoms with Gasteiger partial charge >= 0.3 is 6.36 Å². The van der Waals surface area contributed by atoms with Crippen LogP contribution < -0.4 is 10.2 Å². The number of aromatic amines is 1. The van der Waals surface area contributed by atoms with Gasteiger partial charge < -0.3 is 9.72 Å². The first kappa shape index (κ1) is 12.1. The summed E-state index contributed by atoms with van der Waals surface area (Å²) in [6.07, 6.45) is -2.58. The van der Waals surface area contributed by atoms with E-state index in [4.69, 9.17) is 0 Å². The predicted molar refractivity (Wildman–Crippen MR) is 63.3 cm³/mol. The quantitative estimate of drug-likeness (QED) is 0.864. The lowest BCUT2D eigenvalue weighted by atomic mass is 10.1. The lowest BCUT2D eigenvalue weighted by molar-refractivity contribution is -0.274. The van der Waals surface area contributed by atoms with Crippen molar-refractivity contribution in [3.63, 3.8) is 0 Å². The maximum atomic E-state index is 12.3. The molecule has 1 heterocycles. The van der Waals surface area contributed by atoms with Crippen molar-refractivity contribution in [2.45, 2.75) is 25.6 Å². The Morgan fingerprint density at radius 2 is 2.00 bits per heavy atom. The molecule has 0 saturated carbocycles. The highest BCUT2D eigenvalue weighted by Gasteiger charge is 2.32. The summed E-state index contributed by atoms with van der Waals surface area (Å²) >= 11 is 0. The molecule has 0 aliphatic heterocycles. The molecule has 6 heteroatoms. The predicted octanol–water partition coefficient (Wildman–Crippen LogP) is 2.92. The number of pyridine rings is 1. The first-order valence-corrected chi connectivity index (χ1v) is 5.88. The van der Waals surface area contributed by atoms with Crippen LogP contribution in [0.4, 0.5) is 13.2 Å². The molecule has 1 aromatic carbocycles. The summed E-state index contributed by atoms with van der Waals surface area (Å²) in [7, 11) is 0. The Hall–Kier alpha value is -1.98. The number of H-pyrrole nitrogens is 1. The van der Waals surface area contributed by atoms with Gasteiger partial charge in [0.05, 0.1) is 5.52 Å². The van der Waals surface area contributed by atoms with Gasteiger partial charge in [-0.05, 0) is 31.4 Å². The molecule has 1 aliphatic carbocycles. The number of nitrogens with one attached hydrogen (secondary N) is 1. The van der Waals surface area contributed by atoms with Crippen molar-refractivity contribution in [1.82, 2.24) is 4.98 Å².